The van der Waals surface area contributed by atoms with Crippen molar-refractivity contribution in [3.8, 4) is 5.75 Å². The maximum atomic E-state index is 12.5. The predicted octanol–water partition coefficient (Wildman–Crippen LogP) is 3.17. The van der Waals surface area contributed by atoms with Crippen LogP contribution in [-0.4, -0.2) is 59.2 Å². The lowest BCUT2D eigenvalue weighted by molar-refractivity contribution is -0.385. The molecule has 2 aromatic rings. The van der Waals surface area contributed by atoms with E-state index >= 15 is 0 Å². The van der Waals surface area contributed by atoms with Crippen LogP contribution in [0.4, 0.5) is 5.69 Å². The molecular weight excluding hydrogens is 410 g/mol. The Morgan fingerprint density at radius 2 is 1.77 bits per heavy atom. The van der Waals surface area contributed by atoms with Crippen molar-refractivity contribution in [1.29, 1.82) is 0 Å². The third-order valence-electron chi connectivity index (χ3n) is 4.96. The Morgan fingerprint density at radius 1 is 1.10 bits per heavy atom. The minimum Gasteiger partial charge on any atom is -0.477 e. The standard InChI is InChI=1S/C21H22ClN3O5/c1-15(26)17-4-7-20(19(12-17)25(28)29)30-14-21(27)24-10-8-23(9-11-24)13-16-2-5-18(22)6-3-16/h2-7,12H,8-11,13-14H2,1H3. The zero-order chi connectivity index (χ0) is 21.7. The van der Waals surface area contributed by atoms with Crippen molar-refractivity contribution in [3.63, 3.8) is 0 Å². The Kier molecular flexibility index (Phi) is 7.02. The van der Waals surface area contributed by atoms with Crippen LogP contribution in [0.3, 0.4) is 0 Å². The van der Waals surface area contributed by atoms with E-state index in [1.807, 2.05) is 24.3 Å². The number of Topliss-reactive ketones (excluding diaryl/α,β-unsaturated/α-hetero) is 1. The minimum atomic E-state index is -0.623. The zero-order valence-corrected chi connectivity index (χ0v) is 17.3. The molecule has 1 saturated heterocycles. The van der Waals surface area contributed by atoms with Crippen LogP contribution in [0.5, 0.6) is 5.75 Å². The highest BCUT2D eigenvalue weighted by Gasteiger charge is 2.23. The topological polar surface area (TPSA) is 93.0 Å². The summed E-state index contributed by atoms with van der Waals surface area (Å²) in [6, 6.07) is 11.6. The first-order chi connectivity index (χ1) is 14.3. The number of carbonyl (C=O) groups excluding carboxylic acids is 2. The predicted molar refractivity (Wildman–Crippen MR) is 112 cm³/mol. The highest BCUT2D eigenvalue weighted by atomic mass is 35.5. The lowest BCUT2D eigenvalue weighted by atomic mass is 10.1. The number of nitrogens with zero attached hydrogens (tertiary/aromatic N) is 3. The Labute approximate surface area is 179 Å². The van der Waals surface area contributed by atoms with Gasteiger partial charge in [-0.25, -0.2) is 0 Å². The van der Waals surface area contributed by atoms with E-state index in [-0.39, 0.29) is 35.3 Å². The average Bonchev–Trinajstić information content (AvgIpc) is 2.74. The molecule has 8 nitrogen and oxygen atoms in total. The van der Waals surface area contributed by atoms with E-state index < -0.39 is 4.92 Å². The van der Waals surface area contributed by atoms with Gasteiger partial charge >= 0.3 is 5.69 Å². The average molecular weight is 432 g/mol. The minimum absolute atomic E-state index is 0.0280. The molecule has 30 heavy (non-hydrogen) atoms. The molecule has 1 aliphatic rings. The molecule has 0 aromatic heterocycles. The van der Waals surface area contributed by atoms with Gasteiger partial charge in [0.1, 0.15) is 0 Å². The molecule has 0 atom stereocenters. The molecule has 1 heterocycles. The first-order valence-corrected chi connectivity index (χ1v) is 9.88. The van der Waals surface area contributed by atoms with Gasteiger partial charge in [0.25, 0.3) is 5.91 Å². The molecule has 2 aromatic carbocycles. The number of piperazine rings is 1. The zero-order valence-electron chi connectivity index (χ0n) is 16.5. The number of ether oxygens (including phenoxy) is 1. The number of amides is 1. The molecule has 0 unspecified atom stereocenters. The molecule has 1 fully saturated rings. The van der Waals surface area contributed by atoms with Gasteiger partial charge in [-0.05, 0) is 36.8 Å². The van der Waals surface area contributed by atoms with Crippen LogP contribution >= 0.6 is 11.6 Å². The van der Waals surface area contributed by atoms with Crippen molar-refractivity contribution in [3.05, 3.63) is 68.7 Å². The van der Waals surface area contributed by atoms with Crippen LogP contribution in [-0.2, 0) is 11.3 Å². The van der Waals surface area contributed by atoms with E-state index in [1.165, 1.54) is 19.1 Å². The summed E-state index contributed by atoms with van der Waals surface area (Å²) in [5, 5.41) is 12.0. The fourth-order valence-electron chi connectivity index (χ4n) is 3.24. The molecule has 3 rings (SSSR count). The Hall–Kier alpha value is -2.97. The van der Waals surface area contributed by atoms with Crippen molar-refractivity contribution in [2.24, 2.45) is 0 Å². The van der Waals surface area contributed by atoms with Crippen LogP contribution in [0, 0.1) is 10.1 Å². The monoisotopic (exact) mass is 431 g/mol. The number of ketones is 1. The molecule has 9 heteroatoms. The number of nitro benzene ring substituents is 1. The van der Waals surface area contributed by atoms with E-state index in [9.17, 15) is 19.7 Å². The fourth-order valence-corrected chi connectivity index (χ4v) is 3.36. The van der Waals surface area contributed by atoms with E-state index in [0.717, 1.165) is 31.3 Å². The van der Waals surface area contributed by atoms with Crippen molar-refractivity contribution >= 4 is 29.0 Å². The van der Waals surface area contributed by atoms with Crippen LogP contribution in [0.15, 0.2) is 42.5 Å². The van der Waals surface area contributed by atoms with Crippen LogP contribution < -0.4 is 4.74 Å². The number of hydrogen-bond donors (Lipinski definition) is 0. The maximum absolute atomic E-state index is 12.5. The molecule has 0 radical (unpaired) electrons. The van der Waals surface area contributed by atoms with Gasteiger partial charge in [0.15, 0.2) is 18.1 Å². The van der Waals surface area contributed by atoms with Gasteiger partial charge in [-0.3, -0.25) is 24.6 Å². The van der Waals surface area contributed by atoms with Gasteiger partial charge in [0.2, 0.25) is 0 Å². The first kappa shape index (κ1) is 21.7. The third kappa shape index (κ3) is 5.55. The van der Waals surface area contributed by atoms with Crippen LogP contribution in [0.25, 0.3) is 0 Å². The van der Waals surface area contributed by atoms with Gasteiger partial charge in [-0.15, -0.1) is 0 Å². The van der Waals surface area contributed by atoms with E-state index in [4.69, 9.17) is 16.3 Å². The lowest BCUT2D eigenvalue weighted by Gasteiger charge is -2.34. The largest absolute Gasteiger partial charge is 0.477 e. The van der Waals surface area contributed by atoms with Crippen LogP contribution in [0.1, 0.15) is 22.8 Å². The molecule has 1 aliphatic heterocycles. The number of halogens is 1. The summed E-state index contributed by atoms with van der Waals surface area (Å²) >= 11 is 5.91. The number of nitro groups is 1. The van der Waals surface area contributed by atoms with E-state index in [1.54, 1.807) is 4.90 Å². The SMILES string of the molecule is CC(=O)c1ccc(OCC(=O)N2CCN(Cc3ccc(Cl)cc3)CC2)c([N+](=O)[O-])c1. The number of carbonyl (C=O) groups is 2. The number of rotatable bonds is 7. The molecule has 0 N–H and O–H groups in total. The normalized spacial score (nSPS) is 14.4. The smallest absolute Gasteiger partial charge is 0.311 e. The molecule has 0 spiro atoms. The van der Waals surface area contributed by atoms with E-state index in [2.05, 4.69) is 4.90 Å². The summed E-state index contributed by atoms with van der Waals surface area (Å²) in [5.74, 6) is -0.539. The molecule has 1 amide bonds. The highest BCUT2D eigenvalue weighted by molar-refractivity contribution is 6.30. The molecule has 0 aliphatic carbocycles. The van der Waals surface area contributed by atoms with Crippen LogP contribution in [0.2, 0.25) is 5.02 Å². The molecule has 0 bridgehead atoms. The maximum Gasteiger partial charge on any atom is 0.311 e. The van der Waals surface area contributed by atoms with E-state index in [0.29, 0.717) is 18.1 Å². The molecule has 0 saturated carbocycles. The fraction of sp³-hybridized carbons (Fsp3) is 0.333. The summed E-state index contributed by atoms with van der Waals surface area (Å²) in [6.07, 6.45) is 0. The van der Waals surface area contributed by atoms with Gasteiger partial charge < -0.3 is 9.64 Å². The van der Waals surface area contributed by atoms with Crippen molar-refractivity contribution < 1.29 is 19.2 Å². The second-order valence-corrected chi connectivity index (χ2v) is 7.50. The van der Waals surface area contributed by atoms with Crippen molar-refractivity contribution in [1.82, 2.24) is 9.80 Å². The second kappa shape index (κ2) is 9.69. The summed E-state index contributed by atoms with van der Waals surface area (Å²) in [6.45, 7) is 4.38. The molecular formula is C21H22ClN3O5. The second-order valence-electron chi connectivity index (χ2n) is 7.07. The highest BCUT2D eigenvalue weighted by Crippen LogP contribution is 2.28. The number of hydrogen-bond acceptors (Lipinski definition) is 6. The summed E-state index contributed by atoms with van der Waals surface area (Å²) < 4.78 is 5.41. The Bertz CT molecular complexity index is 940. The van der Waals surface area contributed by atoms with Gasteiger partial charge in [-0.1, -0.05) is 23.7 Å². The van der Waals surface area contributed by atoms with Gasteiger partial charge in [-0.2, -0.15) is 0 Å². The Balaban J connectivity index is 1.52. The van der Waals surface area contributed by atoms with Gasteiger partial charge in [0, 0.05) is 49.4 Å². The van der Waals surface area contributed by atoms with Crippen molar-refractivity contribution in [2.45, 2.75) is 13.5 Å². The Morgan fingerprint density at radius 3 is 2.37 bits per heavy atom. The summed E-state index contributed by atoms with van der Waals surface area (Å²) in [4.78, 5) is 38.5. The van der Waals surface area contributed by atoms with Gasteiger partial charge in [0.05, 0.1) is 4.92 Å². The summed E-state index contributed by atoms with van der Waals surface area (Å²) in [7, 11) is 0. The first-order valence-electron chi connectivity index (χ1n) is 9.50. The number of benzene rings is 2. The quantitative estimate of drug-likeness (QED) is 0.380. The van der Waals surface area contributed by atoms with Crippen molar-refractivity contribution in [2.75, 3.05) is 32.8 Å². The lowest BCUT2D eigenvalue weighted by Crippen LogP contribution is -2.49. The third-order valence-corrected chi connectivity index (χ3v) is 5.21. The molecule has 158 valence electrons. The summed E-state index contributed by atoms with van der Waals surface area (Å²) in [5.41, 5.74) is 1.05.